The number of rotatable bonds is 7. The number of thiophene rings is 1. The quantitative estimate of drug-likeness (QED) is 0.198. The molecule has 12 heteroatoms. The number of anilines is 2. The summed E-state index contributed by atoms with van der Waals surface area (Å²) < 4.78 is 22.3. The Morgan fingerprint density at radius 2 is 1.70 bits per heavy atom. The number of aryl methyl sites for hydroxylation is 2. The van der Waals surface area contributed by atoms with Crippen molar-refractivity contribution in [1.82, 2.24) is 10.3 Å². The van der Waals surface area contributed by atoms with Crippen molar-refractivity contribution in [2.45, 2.75) is 53.2 Å². The van der Waals surface area contributed by atoms with Gasteiger partial charge in [0.2, 0.25) is 0 Å². The number of nitrogens with one attached hydrogen (secondary N) is 2. The summed E-state index contributed by atoms with van der Waals surface area (Å²) in [6.45, 7) is 12.4. The number of carbonyl (C=O) groups excluding carboxylic acids is 3. The lowest BCUT2D eigenvalue weighted by atomic mass is 9.93. The minimum atomic E-state index is -0.611. The van der Waals surface area contributed by atoms with Crippen LogP contribution in [0.5, 0.6) is 5.75 Å². The molecule has 0 bridgehead atoms. The lowest BCUT2D eigenvalue weighted by Crippen LogP contribution is -2.37. The van der Waals surface area contributed by atoms with Gasteiger partial charge in [0, 0.05) is 58.9 Å². The molecule has 2 N–H and O–H groups in total. The van der Waals surface area contributed by atoms with Crippen molar-refractivity contribution in [3.8, 4) is 27.3 Å². The molecule has 1 saturated heterocycles. The highest BCUT2D eigenvalue weighted by molar-refractivity contribution is 7.13. The van der Waals surface area contributed by atoms with E-state index in [1.165, 1.54) is 7.11 Å². The van der Waals surface area contributed by atoms with E-state index in [0.29, 0.717) is 66.9 Å². The fraction of sp³-hybridized carbons (Fsp3) is 0.368. The van der Waals surface area contributed by atoms with E-state index in [-0.39, 0.29) is 18.1 Å². The van der Waals surface area contributed by atoms with Crippen LogP contribution >= 0.6 is 11.3 Å². The number of hydrogen-bond donors (Lipinski definition) is 2. The first-order valence-electron chi connectivity index (χ1n) is 16.6. The van der Waals surface area contributed by atoms with E-state index < -0.39 is 17.7 Å². The molecule has 6 rings (SSSR count). The second-order valence-electron chi connectivity index (χ2n) is 13.3. The lowest BCUT2D eigenvalue weighted by molar-refractivity contribution is 0.0522. The molecule has 0 radical (unpaired) electrons. The first kappa shape index (κ1) is 34.9. The van der Waals surface area contributed by atoms with Gasteiger partial charge in [0.05, 0.1) is 26.9 Å². The van der Waals surface area contributed by atoms with E-state index in [2.05, 4.69) is 21.6 Å². The van der Waals surface area contributed by atoms with Crippen LogP contribution in [0.2, 0.25) is 0 Å². The summed E-state index contributed by atoms with van der Waals surface area (Å²) in [6.07, 6.45) is 0.235. The van der Waals surface area contributed by atoms with E-state index >= 15 is 0 Å². The van der Waals surface area contributed by atoms with Crippen LogP contribution in [0.15, 0.2) is 47.8 Å². The standard InChI is InChI=1S/C38H42N4O7S/c1-22-17-24(21-39-37(45)49-38(3,4)5)18-23(2)32(22)41-35(43)28-19-29-30(48-13-9-25-10-16-50-34(25)29)20-27(28)26-7-8-31(40-33(26)36(44)46-6)42-11-14-47-15-12-42/h7-8,10,16-20H,9,11-15,21H2,1-6H3,(H,39,45)(H,41,43). The molecule has 11 nitrogen and oxygen atoms in total. The molecule has 1 fully saturated rings. The van der Waals surface area contributed by atoms with Crippen LogP contribution in [0.4, 0.5) is 16.3 Å². The van der Waals surface area contributed by atoms with Gasteiger partial charge in [0.1, 0.15) is 17.2 Å². The summed E-state index contributed by atoms with van der Waals surface area (Å²) in [5, 5.41) is 7.98. The first-order chi connectivity index (χ1) is 23.9. The summed E-state index contributed by atoms with van der Waals surface area (Å²) >= 11 is 1.60. The monoisotopic (exact) mass is 698 g/mol. The highest BCUT2D eigenvalue weighted by Crippen LogP contribution is 2.43. The third kappa shape index (κ3) is 7.61. The molecule has 262 valence electrons. The third-order valence-electron chi connectivity index (χ3n) is 8.54. The van der Waals surface area contributed by atoms with Crippen LogP contribution in [0.3, 0.4) is 0 Å². The second-order valence-corrected chi connectivity index (χ2v) is 14.3. The van der Waals surface area contributed by atoms with Crippen molar-refractivity contribution in [3.63, 3.8) is 0 Å². The summed E-state index contributed by atoms with van der Waals surface area (Å²) in [6, 6.07) is 13.3. The second kappa shape index (κ2) is 14.5. The van der Waals surface area contributed by atoms with Gasteiger partial charge >= 0.3 is 12.1 Å². The van der Waals surface area contributed by atoms with Crippen LogP contribution < -0.4 is 20.3 Å². The molecular weight excluding hydrogens is 657 g/mol. The van der Waals surface area contributed by atoms with Gasteiger partial charge in [0.25, 0.3) is 5.91 Å². The number of methoxy groups -OCH3 is 1. The average molecular weight is 699 g/mol. The fourth-order valence-corrected chi connectivity index (χ4v) is 7.21. The minimum Gasteiger partial charge on any atom is -0.493 e. The van der Waals surface area contributed by atoms with E-state index in [1.807, 2.05) is 76.4 Å². The topological polar surface area (TPSA) is 128 Å². The van der Waals surface area contributed by atoms with Crippen molar-refractivity contribution in [2.24, 2.45) is 0 Å². The highest BCUT2D eigenvalue weighted by Gasteiger charge is 2.28. The Hall–Kier alpha value is -4.94. The number of morpholine rings is 1. The Morgan fingerprint density at radius 1 is 0.960 bits per heavy atom. The number of nitrogens with zero attached hydrogens (tertiary/aromatic N) is 2. The van der Waals surface area contributed by atoms with Crippen LogP contribution in [0.1, 0.15) is 63.9 Å². The highest BCUT2D eigenvalue weighted by atomic mass is 32.1. The number of ether oxygens (including phenoxy) is 4. The van der Waals surface area contributed by atoms with Crippen molar-refractivity contribution < 1.29 is 33.3 Å². The average Bonchev–Trinajstić information content (AvgIpc) is 3.49. The normalized spacial score (nSPS) is 14.1. The molecular formula is C38H42N4O7S. The van der Waals surface area contributed by atoms with Crippen LogP contribution in [-0.2, 0) is 27.2 Å². The van der Waals surface area contributed by atoms with Crippen molar-refractivity contribution >= 4 is 40.8 Å². The number of carbonyl (C=O) groups is 3. The van der Waals surface area contributed by atoms with Gasteiger partial charge in [-0.3, -0.25) is 4.79 Å². The zero-order valence-corrected chi connectivity index (χ0v) is 30.0. The molecule has 2 aromatic heterocycles. The molecule has 2 amide bonds. The number of benzene rings is 2. The number of pyridine rings is 1. The van der Waals surface area contributed by atoms with E-state index in [1.54, 1.807) is 11.3 Å². The molecule has 0 spiro atoms. The lowest BCUT2D eigenvalue weighted by Gasteiger charge is -2.28. The van der Waals surface area contributed by atoms with Crippen molar-refractivity contribution in [2.75, 3.05) is 50.2 Å². The predicted molar refractivity (Wildman–Crippen MR) is 193 cm³/mol. The molecule has 2 aliphatic rings. The van der Waals surface area contributed by atoms with Gasteiger partial charge in [-0.15, -0.1) is 11.3 Å². The maximum atomic E-state index is 14.5. The summed E-state index contributed by atoms with van der Waals surface area (Å²) in [5.41, 5.74) is 5.95. The summed E-state index contributed by atoms with van der Waals surface area (Å²) in [7, 11) is 1.32. The molecule has 4 heterocycles. The SMILES string of the molecule is COC(=O)c1nc(N2CCOCC2)ccc1-c1cc2c(cc1C(=O)Nc1c(C)cc(CNC(=O)OC(C)(C)C)cc1C)-c1sccc1CCO2. The zero-order chi connectivity index (χ0) is 35.6. The summed E-state index contributed by atoms with van der Waals surface area (Å²) in [5.74, 6) is 0.286. The number of esters is 1. The maximum absolute atomic E-state index is 14.5. The Kier molecular flexibility index (Phi) is 10.1. The van der Waals surface area contributed by atoms with Gasteiger partial charge in [-0.25, -0.2) is 14.6 Å². The number of alkyl carbamates (subject to hydrolysis) is 1. The van der Waals surface area contributed by atoms with E-state index in [4.69, 9.17) is 23.9 Å². The Bertz CT molecular complexity index is 1920. The minimum absolute atomic E-state index is 0.102. The smallest absolute Gasteiger partial charge is 0.407 e. The van der Waals surface area contributed by atoms with E-state index in [0.717, 1.165) is 39.1 Å². The molecule has 4 aromatic rings. The van der Waals surface area contributed by atoms with Gasteiger partial charge in [-0.2, -0.15) is 0 Å². The Morgan fingerprint density at radius 3 is 2.40 bits per heavy atom. The molecule has 2 aliphatic heterocycles. The van der Waals surface area contributed by atoms with Gasteiger partial charge in [-0.05, 0) is 92.6 Å². The number of aromatic nitrogens is 1. The zero-order valence-electron chi connectivity index (χ0n) is 29.2. The Labute approximate surface area is 295 Å². The van der Waals surface area contributed by atoms with Gasteiger partial charge in [0.15, 0.2) is 5.69 Å². The van der Waals surface area contributed by atoms with Gasteiger partial charge in [-0.1, -0.05) is 12.1 Å². The summed E-state index contributed by atoms with van der Waals surface area (Å²) in [4.78, 5) is 47.8. The molecule has 50 heavy (non-hydrogen) atoms. The predicted octanol–water partition coefficient (Wildman–Crippen LogP) is 6.93. The van der Waals surface area contributed by atoms with Gasteiger partial charge < -0.3 is 34.5 Å². The van der Waals surface area contributed by atoms with E-state index in [9.17, 15) is 14.4 Å². The third-order valence-corrected chi connectivity index (χ3v) is 9.53. The number of amides is 2. The maximum Gasteiger partial charge on any atom is 0.407 e. The van der Waals surface area contributed by atoms with Crippen LogP contribution in [0.25, 0.3) is 21.6 Å². The molecule has 0 saturated carbocycles. The number of fused-ring (bicyclic) bond motifs is 3. The molecule has 2 aromatic carbocycles. The van der Waals surface area contributed by atoms with Crippen LogP contribution in [-0.4, -0.2) is 68.6 Å². The van der Waals surface area contributed by atoms with Crippen LogP contribution in [0, 0.1) is 13.8 Å². The van der Waals surface area contributed by atoms with Crippen molar-refractivity contribution in [1.29, 1.82) is 0 Å². The van der Waals surface area contributed by atoms with Crippen molar-refractivity contribution in [3.05, 3.63) is 81.4 Å². The molecule has 0 atom stereocenters. The fourth-order valence-electron chi connectivity index (χ4n) is 6.24. The Balaban J connectivity index is 1.40. The number of hydrogen-bond acceptors (Lipinski definition) is 10. The molecule has 0 aliphatic carbocycles. The largest absolute Gasteiger partial charge is 0.493 e. The molecule has 0 unspecified atom stereocenters. The first-order valence-corrected chi connectivity index (χ1v) is 17.5.